The van der Waals surface area contributed by atoms with Gasteiger partial charge in [-0.2, -0.15) is 0 Å². The van der Waals surface area contributed by atoms with Crippen LogP contribution < -0.4 is 0 Å². The quantitative estimate of drug-likeness (QED) is 0.0201. The molecular weight excluding hydrogens is 709 g/mol. The third-order valence-corrected chi connectivity index (χ3v) is 10.3. The van der Waals surface area contributed by atoms with Gasteiger partial charge in [-0.15, -0.1) is 0 Å². The molecule has 0 saturated carbocycles. The summed E-state index contributed by atoms with van der Waals surface area (Å²) >= 11 is 0. The molecule has 0 spiro atoms. The molecule has 0 radical (unpaired) electrons. The lowest BCUT2D eigenvalue weighted by Crippen LogP contribution is -2.30. The highest BCUT2D eigenvalue weighted by Crippen LogP contribution is 2.15. The average molecular weight is 799 g/mol. The summed E-state index contributed by atoms with van der Waals surface area (Å²) in [7, 11) is 0. The Morgan fingerprint density at radius 1 is 0.368 bits per heavy atom. The van der Waals surface area contributed by atoms with Crippen LogP contribution in [0, 0.1) is 0 Å². The normalized spacial score (nSPS) is 12.4. The van der Waals surface area contributed by atoms with Gasteiger partial charge in [0.2, 0.25) is 0 Å². The van der Waals surface area contributed by atoms with Crippen molar-refractivity contribution in [2.75, 3.05) is 13.2 Å². The van der Waals surface area contributed by atoms with Gasteiger partial charge < -0.3 is 14.2 Å². The van der Waals surface area contributed by atoms with Crippen LogP contribution in [-0.2, 0) is 28.6 Å². The van der Waals surface area contributed by atoms with Gasteiger partial charge in [-0.05, 0) is 57.8 Å². The van der Waals surface area contributed by atoms with Gasteiger partial charge >= 0.3 is 17.9 Å². The van der Waals surface area contributed by atoms with Crippen LogP contribution in [0.25, 0.3) is 0 Å². The van der Waals surface area contributed by atoms with E-state index in [1.165, 1.54) is 128 Å². The van der Waals surface area contributed by atoms with E-state index in [1.807, 2.05) is 6.08 Å². The lowest BCUT2D eigenvalue weighted by atomic mass is 10.0. The summed E-state index contributed by atoms with van der Waals surface area (Å²) in [5, 5.41) is 0. The predicted octanol–water partition coefficient (Wildman–Crippen LogP) is 15.5. The van der Waals surface area contributed by atoms with Gasteiger partial charge in [0.1, 0.15) is 13.2 Å². The van der Waals surface area contributed by atoms with Crippen molar-refractivity contribution in [3.63, 3.8) is 0 Å². The van der Waals surface area contributed by atoms with E-state index >= 15 is 0 Å². The molecule has 57 heavy (non-hydrogen) atoms. The second-order valence-corrected chi connectivity index (χ2v) is 16.0. The van der Waals surface area contributed by atoms with Gasteiger partial charge in [-0.1, -0.05) is 211 Å². The number of hydrogen-bond donors (Lipinski definition) is 0. The summed E-state index contributed by atoms with van der Waals surface area (Å²) < 4.78 is 16.6. The van der Waals surface area contributed by atoms with E-state index in [4.69, 9.17) is 14.2 Å². The number of rotatable bonds is 43. The number of carbonyl (C=O) groups is 3. The van der Waals surface area contributed by atoms with Crippen molar-refractivity contribution in [3.8, 4) is 0 Å². The summed E-state index contributed by atoms with van der Waals surface area (Å²) in [5.41, 5.74) is 0. The number of unbranched alkanes of at least 4 members (excludes halogenated alkanes) is 25. The van der Waals surface area contributed by atoms with Crippen LogP contribution in [0.15, 0.2) is 48.6 Å². The summed E-state index contributed by atoms with van der Waals surface area (Å²) in [6, 6.07) is 0. The summed E-state index contributed by atoms with van der Waals surface area (Å²) in [5.74, 6) is -0.997. The molecule has 330 valence electrons. The lowest BCUT2D eigenvalue weighted by Gasteiger charge is -2.18. The zero-order valence-corrected chi connectivity index (χ0v) is 37.6. The molecule has 1 atom stereocenters. The second-order valence-electron chi connectivity index (χ2n) is 16.0. The fraction of sp³-hybridized carbons (Fsp3) is 0.784. The van der Waals surface area contributed by atoms with Crippen LogP contribution >= 0.6 is 0 Å². The van der Waals surface area contributed by atoms with E-state index < -0.39 is 6.10 Å². The highest BCUT2D eigenvalue weighted by molar-refractivity contribution is 5.71. The third-order valence-electron chi connectivity index (χ3n) is 10.3. The highest BCUT2D eigenvalue weighted by Gasteiger charge is 2.19. The van der Waals surface area contributed by atoms with Crippen molar-refractivity contribution in [2.45, 2.75) is 245 Å². The molecule has 0 amide bonds. The number of ether oxygens (including phenoxy) is 3. The van der Waals surface area contributed by atoms with E-state index in [1.54, 1.807) is 0 Å². The molecule has 0 aliphatic rings. The topological polar surface area (TPSA) is 78.9 Å². The third kappa shape index (κ3) is 44.3. The maximum atomic E-state index is 12.7. The number of hydrogen-bond acceptors (Lipinski definition) is 6. The minimum absolute atomic E-state index is 0.102. The van der Waals surface area contributed by atoms with Gasteiger partial charge in [0.25, 0.3) is 0 Å². The van der Waals surface area contributed by atoms with E-state index in [2.05, 4.69) is 63.3 Å². The minimum atomic E-state index is -0.809. The zero-order chi connectivity index (χ0) is 41.5. The minimum Gasteiger partial charge on any atom is -0.462 e. The molecule has 0 aromatic rings. The zero-order valence-electron chi connectivity index (χ0n) is 37.6. The molecule has 0 saturated heterocycles. The SMILES string of the molecule is CCCC/C=C\C=C/CCCCCC(=O)OCC(COC(=O)CCCCCCCCCCCCCCCCC)OC(=O)CC/C=C\C/C=C\CCCCCCCC. The van der Waals surface area contributed by atoms with Crippen molar-refractivity contribution >= 4 is 17.9 Å². The van der Waals surface area contributed by atoms with Gasteiger partial charge in [0.05, 0.1) is 0 Å². The molecule has 0 N–H and O–H groups in total. The van der Waals surface area contributed by atoms with E-state index in [0.717, 1.165) is 64.2 Å². The number of carbonyl (C=O) groups excluding carboxylic acids is 3. The maximum absolute atomic E-state index is 12.7. The first-order chi connectivity index (χ1) is 28.0. The van der Waals surface area contributed by atoms with Crippen LogP contribution in [0.5, 0.6) is 0 Å². The highest BCUT2D eigenvalue weighted by atomic mass is 16.6. The Morgan fingerprint density at radius 2 is 0.737 bits per heavy atom. The standard InChI is InChI=1S/C51H90O6/c1-4-7-10-13-16-19-22-24-25-27-29-32-35-38-41-44-50(53)56-47-48(46-55-49(52)43-40-37-34-31-28-21-18-15-12-9-6-3)57-51(54)45-42-39-36-33-30-26-23-20-17-14-11-8-5-2/h15,18,21,26,28,30,36,39,48H,4-14,16-17,19-20,22-25,27,29,31-35,37-38,40-47H2,1-3H3/b18-15-,28-21-,30-26-,39-36-. The predicted molar refractivity (Wildman–Crippen MR) is 242 cm³/mol. The van der Waals surface area contributed by atoms with Gasteiger partial charge in [0, 0.05) is 19.3 Å². The van der Waals surface area contributed by atoms with Crippen molar-refractivity contribution in [2.24, 2.45) is 0 Å². The molecule has 0 fully saturated rings. The van der Waals surface area contributed by atoms with Gasteiger partial charge in [-0.25, -0.2) is 0 Å². The Labute approximate surface area is 352 Å². The number of allylic oxidation sites excluding steroid dienone is 8. The number of esters is 3. The first-order valence-corrected chi connectivity index (χ1v) is 24.2. The van der Waals surface area contributed by atoms with Crippen LogP contribution in [-0.4, -0.2) is 37.2 Å². The molecule has 0 aliphatic heterocycles. The van der Waals surface area contributed by atoms with E-state index in [9.17, 15) is 14.4 Å². The second kappa shape index (κ2) is 46.1. The Balaban J connectivity index is 4.44. The summed E-state index contributed by atoms with van der Waals surface area (Å²) in [6.07, 6.45) is 53.9. The molecule has 0 heterocycles. The molecular formula is C51H90O6. The molecule has 0 aromatic carbocycles. The summed E-state index contributed by atoms with van der Waals surface area (Å²) in [6.45, 7) is 6.50. The smallest absolute Gasteiger partial charge is 0.306 e. The Kier molecular flexibility index (Phi) is 43.9. The Morgan fingerprint density at radius 3 is 1.21 bits per heavy atom. The first kappa shape index (κ1) is 54.4. The van der Waals surface area contributed by atoms with Gasteiger partial charge in [0.15, 0.2) is 6.10 Å². The molecule has 0 aromatic heterocycles. The van der Waals surface area contributed by atoms with Gasteiger partial charge in [-0.3, -0.25) is 14.4 Å². The van der Waals surface area contributed by atoms with Crippen LogP contribution in [0.1, 0.15) is 239 Å². The van der Waals surface area contributed by atoms with E-state index in [0.29, 0.717) is 19.3 Å². The van der Waals surface area contributed by atoms with Crippen molar-refractivity contribution in [1.82, 2.24) is 0 Å². The fourth-order valence-corrected chi connectivity index (χ4v) is 6.65. The molecule has 6 nitrogen and oxygen atoms in total. The first-order valence-electron chi connectivity index (χ1n) is 24.2. The van der Waals surface area contributed by atoms with Crippen molar-refractivity contribution < 1.29 is 28.6 Å². The van der Waals surface area contributed by atoms with Crippen molar-refractivity contribution in [3.05, 3.63) is 48.6 Å². The Bertz CT molecular complexity index is 1010. The molecule has 0 rings (SSSR count). The maximum Gasteiger partial charge on any atom is 0.306 e. The Hall–Kier alpha value is -2.63. The molecule has 6 heteroatoms. The molecule has 1 unspecified atom stereocenters. The van der Waals surface area contributed by atoms with Crippen LogP contribution in [0.3, 0.4) is 0 Å². The van der Waals surface area contributed by atoms with Crippen LogP contribution in [0.2, 0.25) is 0 Å². The van der Waals surface area contributed by atoms with E-state index in [-0.39, 0.29) is 37.5 Å². The molecule has 0 bridgehead atoms. The fourth-order valence-electron chi connectivity index (χ4n) is 6.65. The monoisotopic (exact) mass is 799 g/mol. The van der Waals surface area contributed by atoms with Crippen molar-refractivity contribution in [1.29, 1.82) is 0 Å². The average Bonchev–Trinajstić information content (AvgIpc) is 3.21. The molecule has 0 aliphatic carbocycles. The van der Waals surface area contributed by atoms with Crippen LogP contribution in [0.4, 0.5) is 0 Å². The lowest BCUT2D eigenvalue weighted by molar-refractivity contribution is -0.166. The summed E-state index contributed by atoms with van der Waals surface area (Å²) in [4.78, 5) is 37.7. The largest absolute Gasteiger partial charge is 0.462 e.